The van der Waals surface area contributed by atoms with E-state index in [4.69, 9.17) is 4.74 Å². The third-order valence-electron chi connectivity index (χ3n) is 5.29. The molecule has 4 rings (SSSR count). The van der Waals surface area contributed by atoms with Gasteiger partial charge in [0.15, 0.2) is 0 Å². The van der Waals surface area contributed by atoms with Crippen LogP contribution in [-0.4, -0.2) is 35.5 Å². The Labute approximate surface area is 181 Å². The number of nitrogens with zero attached hydrogens (tertiary/aromatic N) is 2. The van der Waals surface area contributed by atoms with Crippen LogP contribution < -0.4 is 0 Å². The number of ether oxygens (including phenoxy) is 1. The predicted octanol–water partition coefficient (Wildman–Crippen LogP) is 4.62. The molecular weight excluding hydrogens is 419 g/mol. The normalized spacial score (nSPS) is 14.5. The molecule has 2 heterocycles. The number of rotatable bonds is 2. The number of aromatic nitrogens is 1. The van der Waals surface area contributed by atoms with Crippen LogP contribution in [-0.2, 0) is 27.7 Å². The molecule has 2 aromatic carbocycles. The summed E-state index contributed by atoms with van der Waals surface area (Å²) < 4.78 is 48.7. The van der Waals surface area contributed by atoms with Crippen LogP contribution in [0.3, 0.4) is 0 Å². The van der Waals surface area contributed by atoms with Crippen LogP contribution in [0.4, 0.5) is 9.18 Å². The van der Waals surface area contributed by atoms with Crippen LogP contribution >= 0.6 is 0 Å². The summed E-state index contributed by atoms with van der Waals surface area (Å²) in [6, 6.07) is 10.9. The Morgan fingerprint density at radius 1 is 1.10 bits per heavy atom. The molecule has 31 heavy (non-hydrogen) atoms. The molecule has 0 spiro atoms. The average Bonchev–Trinajstić information content (AvgIpc) is 3.02. The summed E-state index contributed by atoms with van der Waals surface area (Å²) in [7, 11) is -4.01. The van der Waals surface area contributed by atoms with Gasteiger partial charge in [-0.1, -0.05) is 23.8 Å². The van der Waals surface area contributed by atoms with E-state index in [0.29, 0.717) is 24.2 Å². The Hall–Kier alpha value is -2.87. The smallest absolute Gasteiger partial charge is 0.410 e. The highest BCUT2D eigenvalue weighted by molar-refractivity contribution is 7.90. The fraction of sp³-hybridized carbons (Fsp3) is 0.348. The van der Waals surface area contributed by atoms with Gasteiger partial charge in [0.1, 0.15) is 11.4 Å². The summed E-state index contributed by atoms with van der Waals surface area (Å²) in [5.41, 5.74) is 1.53. The Balaban J connectivity index is 1.89. The lowest BCUT2D eigenvalue weighted by Crippen LogP contribution is -2.40. The first kappa shape index (κ1) is 21.4. The molecule has 0 saturated heterocycles. The lowest BCUT2D eigenvalue weighted by atomic mass is 10.0. The maximum absolute atomic E-state index is 14.8. The maximum Gasteiger partial charge on any atom is 0.410 e. The van der Waals surface area contributed by atoms with E-state index in [0.717, 1.165) is 5.56 Å². The Bertz CT molecular complexity index is 1270. The minimum Gasteiger partial charge on any atom is -0.444 e. The van der Waals surface area contributed by atoms with Crippen LogP contribution in [0.5, 0.6) is 0 Å². The van der Waals surface area contributed by atoms with Gasteiger partial charge in [-0.3, -0.25) is 0 Å². The highest BCUT2D eigenvalue weighted by Crippen LogP contribution is 2.35. The number of hydrogen-bond acceptors (Lipinski definition) is 4. The molecule has 1 amide bonds. The van der Waals surface area contributed by atoms with E-state index in [1.165, 1.54) is 33.1 Å². The van der Waals surface area contributed by atoms with Gasteiger partial charge in [-0.25, -0.2) is 21.6 Å². The standard InChI is InChI=1S/C23H25FN2O4S/c1-15-8-10-16(11-9-15)31(28,29)26-19-7-5-6-18(24)21(19)17-12-13-25(14-20(17)26)22(27)30-23(2,3)4/h5-11H,12-14H2,1-4H3. The number of carbonyl (C=O) groups excluding carboxylic acids is 1. The highest BCUT2D eigenvalue weighted by atomic mass is 32.2. The van der Waals surface area contributed by atoms with Gasteiger partial charge >= 0.3 is 6.09 Å². The van der Waals surface area contributed by atoms with Crippen LogP contribution in [0.2, 0.25) is 0 Å². The SMILES string of the molecule is Cc1ccc(S(=O)(=O)n2c3c(c4c(F)cccc42)CCN(C(=O)OC(C)(C)C)C3)cc1. The van der Waals surface area contributed by atoms with Gasteiger partial charge in [-0.05, 0) is 63.9 Å². The zero-order chi connectivity index (χ0) is 22.6. The summed E-state index contributed by atoms with van der Waals surface area (Å²) in [4.78, 5) is 14.2. The fourth-order valence-corrected chi connectivity index (χ4v) is 5.46. The molecule has 164 valence electrons. The van der Waals surface area contributed by atoms with Gasteiger partial charge < -0.3 is 9.64 Å². The summed E-state index contributed by atoms with van der Waals surface area (Å²) in [5, 5.41) is 0.289. The van der Waals surface area contributed by atoms with E-state index < -0.39 is 27.5 Å². The molecule has 6 nitrogen and oxygen atoms in total. The second-order valence-corrected chi connectivity index (χ2v) is 10.6. The number of carbonyl (C=O) groups is 1. The summed E-state index contributed by atoms with van der Waals surface area (Å²) >= 11 is 0. The first-order valence-corrected chi connectivity index (χ1v) is 11.5. The third kappa shape index (κ3) is 3.80. The van der Waals surface area contributed by atoms with Crippen molar-refractivity contribution in [1.82, 2.24) is 8.87 Å². The van der Waals surface area contributed by atoms with Crippen molar-refractivity contribution in [2.75, 3.05) is 6.54 Å². The highest BCUT2D eigenvalue weighted by Gasteiger charge is 2.34. The van der Waals surface area contributed by atoms with Crippen molar-refractivity contribution in [3.8, 4) is 0 Å². The third-order valence-corrected chi connectivity index (χ3v) is 7.05. The number of fused-ring (bicyclic) bond motifs is 3. The van der Waals surface area contributed by atoms with Crippen molar-refractivity contribution < 1.29 is 22.3 Å². The monoisotopic (exact) mass is 444 g/mol. The van der Waals surface area contributed by atoms with E-state index in [1.807, 2.05) is 6.92 Å². The van der Waals surface area contributed by atoms with Crippen molar-refractivity contribution in [2.24, 2.45) is 0 Å². The molecular formula is C23H25FN2O4S. The van der Waals surface area contributed by atoms with Crippen LogP contribution in [0.1, 0.15) is 37.6 Å². The van der Waals surface area contributed by atoms with Crippen LogP contribution in [0, 0.1) is 12.7 Å². The molecule has 0 fully saturated rings. The minimum atomic E-state index is -4.01. The minimum absolute atomic E-state index is 0.0173. The molecule has 8 heteroatoms. The van der Waals surface area contributed by atoms with E-state index in [1.54, 1.807) is 39.0 Å². The second kappa shape index (κ2) is 7.37. The molecule has 1 aromatic heterocycles. The number of benzene rings is 2. The van der Waals surface area contributed by atoms with Crippen molar-refractivity contribution in [2.45, 2.75) is 51.2 Å². The molecule has 0 atom stereocenters. The topological polar surface area (TPSA) is 68.6 Å². The lowest BCUT2D eigenvalue weighted by molar-refractivity contribution is 0.0221. The molecule has 1 aliphatic rings. The van der Waals surface area contributed by atoms with Crippen LogP contribution in [0.15, 0.2) is 47.4 Å². The predicted molar refractivity (Wildman–Crippen MR) is 116 cm³/mol. The van der Waals surface area contributed by atoms with Crippen molar-refractivity contribution >= 4 is 27.0 Å². The molecule has 0 unspecified atom stereocenters. The lowest BCUT2D eigenvalue weighted by Gasteiger charge is -2.30. The quantitative estimate of drug-likeness (QED) is 0.578. The number of hydrogen-bond donors (Lipinski definition) is 0. The zero-order valence-corrected chi connectivity index (χ0v) is 18.8. The van der Waals surface area contributed by atoms with E-state index in [2.05, 4.69) is 0 Å². The molecule has 0 radical (unpaired) electrons. The summed E-state index contributed by atoms with van der Waals surface area (Å²) in [6.45, 7) is 7.53. The molecule has 3 aromatic rings. The number of aryl methyl sites for hydroxylation is 1. The largest absolute Gasteiger partial charge is 0.444 e. The maximum atomic E-state index is 14.8. The molecule has 1 aliphatic heterocycles. The Morgan fingerprint density at radius 2 is 1.77 bits per heavy atom. The number of halogens is 1. The van der Waals surface area contributed by atoms with Gasteiger partial charge in [-0.2, -0.15) is 0 Å². The van der Waals surface area contributed by atoms with E-state index in [-0.39, 0.29) is 22.3 Å². The van der Waals surface area contributed by atoms with Crippen LogP contribution in [0.25, 0.3) is 10.9 Å². The summed E-state index contributed by atoms with van der Waals surface area (Å²) in [6.07, 6.45) is -0.189. The molecule has 0 saturated carbocycles. The zero-order valence-electron chi connectivity index (χ0n) is 18.0. The van der Waals surface area contributed by atoms with E-state index in [9.17, 15) is 17.6 Å². The molecule has 0 aliphatic carbocycles. The molecule has 0 bridgehead atoms. The van der Waals surface area contributed by atoms with Gasteiger partial charge in [0.25, 0.3) is 10.0 Å². The van der Waals surface area contributed by atoms with Crippen molar-refractivity contribution in [3.63, 3.8) is 0 Å². The van der Waals surface area contributed by atoms with E-state index >= 15 is 0 Å². The first-order valence-electron chi connectivity index (χ1n) is 10.1. The second-order valence-electron chi connectivity index (χ2n) is 8.79. The van der Waals surface area contributed by atoms with Gasteiger partial charge in [0.2, 0.25) is 0 Å². The first-order chi connectivity index (χ1) is 14.5. The average molecular weight is 445 g/mol. The van der Waals surface area contributed by atoms with Crippen molar-refractivity contribution in [3.05, 3.63) is 65.1 Å². The Morgan fingerprint density at radius 3 is 2.42 bits per heavy atom. The molecule has 0 N–H and O–H groups in total. The Kier molecular flexibility index (Phi) is 5.08. The summed E-state index contributed by atoms with van der Waals surface area (Å²) in [5.74, 6) is -0.475. The number of amides is 1. The van der Waals surface area contributed by atoms with Crippen molar-refractivity contribution in [1.29, 1.82) is 0 Å². The van der Waals surface area contributed by atoms with Gasteiger partial charge in [-0.15, -0.1) is 0 Å². The fourth-order valence-electron chi connectivity index (χ4n) is 3.90. The van der Waals surface area contributed by atoms with Gasteiger partial charge in [0, 0.05) is 11.9 Å². The van der Waals surface area contributed by atoms with Gasteiger partial charge in [0.05, 0.1) is 22.7 Å².